The highest BCUT2D eigenvalue weighted by atomic mass is 16.5. The first kappa shape index (κ1) is 17.9. The normalized spacial score (nSPS) is 30.9. The van der Waals surface area contributed by atoms with Gasteiger partial charge >= 0.3 is 0 Å². The van der Waals surface area contributed by atoms with Gasteiger partial charge in [-0.05, 0) is 31.1 Å². The molecule has 4 heteroatoms. The number of nitrogens with zero attached hydrogens (tertiary/aromatic N) is 1. The Hall–Kier alpha value is -0.160. The largest absolute Gasteiger partial charge is 0.385 e. The second-order valence-corrected chi connectivity index (χ2v) is 6.42. The summed E-state index contributed by atoms with van der Waals surface area (Å²) in [5, 5.41) is 0. The van der Waals surface area contributed by atoms with Gasteiger partial charge in [-0.1, -0.05) is 20.3 Å². The number of hydrogen-bond donors (Lipinski definition) is 1. The maximum absolute atomic E-state index is 6.25. The third-order valence-corrected chi connectivity index (χ3v) is 5.04. The molecule has 0 spiro atoms. The standard InChI is InChI=1S/C16H34N2O2/c1-14-6-7-15(2)16(12-14,13-17)18(9-11-20-4)8-5-10-19-3/h14-15H,5-13,17H2,1-4H3. The molecule has 3 atom stereocenters. The van der Waals surface area contributed by atoms with Crippen molar-refractivity contribution in [3.8, 4) is 0 Å². The summed E-state index contributed by atoms with van der Waals surface area (Å²) in [7, 11) is 3.54. The Morgan fingerprint density at radius 2 is 1.80 bits per heavy atom. The number of methoxy groups -OCH3 is 2. The molecule has 0 aromatic carbocycles. The molecule has 0 radical (unpaired) electrons. The average molecular weight is 286 g/mol. The molecule has 0 bridgehead atoms. The summed E-state index contributed by atoms with van der Waals surface area (Å²) in [5.74, 6) is 1.42. The molecule has 1 aliphatic rings. The van der Waals surface area contributed by atoms with Crippen molar-refractivity contribution in [1.82, 2.24) is 4.90 Å². The van der Waals surface area contributed by atoms with Crippen molar-refractivity contribution in [3.63, 3.8) is 0 Å². The van der Waals surface area contributed by atoms with Crippen LogP contribution in [0, 0.1) is 11.8 Å². The maximum Gasteiger partial charge on any atom is 0.0589 e. The van der Waals surface area contributed by atoms with E-state index in [1.165, 1.54) is 19.3 Å². The molecule has 3 unspecified atom stereocenters. The molecule has 4 nitrogen and oxygen atoms in total. The summed E-state index contributed by atoms with van der Waals surface area (Å²) in [5.41, 5.74) is 6.40. The van der Waals surface area contributed by atoms with Gasteiger partial charge in [0, 0.05) is 46.0 Å². The Labute approximate surface area is 125 Å². The highest BCUT2D eigenvalue weighted by molar-refractivity contribution is 5.00. The van der Waals surface area contributed by atoms with Crippen LogP contribution in [0.1, 0.15) is 39.5 Å². The molecular formula is C16H34N2O2. The van der Waals surface area contributed by atoms with E-state index in [1.807, 2.05) is 0 Å². The predicted octanol–water partition coefficient (Wildman–Crippen LogP) is 2.12. The predicted molar refractivity (Wildman–Crippen MR) is 83.9 cm³/mol. The van der Waals surface area contributed by atoms with E-state index < -0.39 is 0 Å². The molecule has 0 heterocycles. The molecule has 0 aromatic rings. The van der Waals surface area contributed by atoms with E-state index in [9.17, 15) is 0 Å². The second-order valence-electron chi connectivity index (χ2n) is 6.42. The number of nitrogens with two attached hydrogens (primary N) is 1. The minimum absolute atomic E-state index is 0.143. The zero-order valence-corrected chi connectivity index (χ0v) is 13.9. The number of ether oxygens (including phenoxy) is 2. The fraction of sp³-hybridized carbons (Fsp3) is 1.00. The monoisotopic (exact) mass is 286 g/mol. The maximum atomic E-state index is 6.25. The van der Waals surface area contributed by atoms with Gasteiger partial charge in [-0.2, -0.15) is 0 Å². The van der Waals surface area contributed by atoms with Gasteiger partial charge in [-0.3, -0.25) is 4.90 Å². The third-order valence-electron chi connectivity index (χ3n) is 5.04. The molecule has 2 N–H and O–H groups in total. The van der Waals surface area contributed by atoms with E-state index in [1.54, 1.807) is 14.2 Å². The summed E-state index contributed by atoms with van der Waals surface area (Å²) in [6, 6.07) is 0. The summed E-state index contributed by atoms with van der Waals surface area (Å²) < 4.78 is 10.5. The quantitative estimate of drug-likeness (QED) is 0.660. The van der Waals surface area contributed by atoms with Crippen molar-refractivity contribution in [2.24, 2.45) is 17.6 Å². The van der Waals surface area contributed by atoms with Gasteiger partial charge < -0.3 is 15.2 Å². The van der Waals surface area contributed by atoms with Crippen molar-refractivity contribution in [1.29, 1.82) is 0 Å². The lowest BCUT2D eigenvalue weighted by Crippen LogP contribution is -2.61. The molecule has 0 aliphatic heterocycles. The van der Waals surface area contributed by atoms with E-state index in [-0.39, 0.29) is 5.54 Å². The van der Waals surface area contributed by atoms with Crippen molar-refractivity contribution >= 4 is 0 Å². The summed E-state index contributed by atoms with van der Waals surface area (Å²) in [6.07, 6.45) is 4.88. The van der Waals surface area contributed by atoms with Crippen LogP contribution in [-0.2, 0) is 9.47 Å². The highest BCUT2D eigenvalue weighted by Crippen LogP contribution is 2.40. The lowest BCUT2D eigenvalue weighted by atomic mass is 9.68. The smallest absolute Gasteiger partial charge is 0.0589 e. The SMILES string of the molecule is COCCCN(CCOC)C1(CN)CC(C)CCC1C. The van der Waals surface area contributed by atoms with Gasteiger partial charge in [0.1, 0.15) is 0 Å². The van der Waals surface area contributed by atoms with Crippen molar-refractivity contribution in [2.75, 3.05) is 47.1 Å². The van der Waals surface area contributed by atoms with E-state index in [0.29, 0.717) is 5.92 Å². The Morgan fingerprint density at radius 1 is 1.10 bits per heavy atom. The molecule has 0 amide bonds. The van der Waals surface area contributed by atoms with Gasteiger partial charge in [-0.25, -0.2) is 0 Å². The van der Waals surface area contributed by atoms with E-state index in [2.05, 4.69) is 18.7 Å². The summed E-state index contributed by atoms with van der Waals surface area (Å²) in [6.45, 7) is 9.08. The zero-order chi connectivity index (χ0) is 15.0. The van der Waals surface area contributed by atoms with Gasteiger partial charge in [0.15, 0.2) is 0 Å². The van der Waals surface area contributed by atoms with Crippen LogP contribution in [0.25, 0.3) is 0 Å². The third kappa shape index (κ3) is 4.42. The minimum atomic E-state index is 0.143. The van der Waals surface area contributed by atoms with Crippen LogP contribution >= 0.6 is 0 Å². The Balaban J connectivity index is 2.80. The van der Waals surface area contributed by atoms with Gasteiger partial charge in [-0.15, -0.1) is 0 Å². The van der Waals surface area contributed by atoms with Gasteiger partial charge in [0.05, 0.1) is 6.61 Å². The van der Waals surface area contributed by atoms with Crippen molar-refractivity contribution in [2.45, 2.75) is 45.1 Å². The Morgan fingerprint density at radius 3 is 2.40 bits per heavy atom. The highest BCUT2D eigenvalue weighted by Gasteiger charge is 2.43. The fourth-order valence-electron chi connectivity index (χ4n) is 3.72. The molecule has 20 heavy (non-hydrogen) atoms. The molecule has 0 aromatic heterocycles. The van der Waals surface area contributed by atoms with Gasteiger partial charge in [0.2, 0.25) is 0 Å². The van der Waals surface area contributed by atoms with E-state index in [4.69, 9.17) is 15.2 Å². The second kappa shape index (κ2) is 8.98. The lowest BCUT2D eigenvalue weighted by Gasteiger charge is -2.52. The van der Waals surface area contributed by atoms with Crippen molar-refractivity contribution in [3.05, 3.63) is 0 Å². The molecule has 1 fully saturated rings. The zero-order valence-electron chi connectivity index (χ0n) is 13.9. The van der Waals surface area contributed by atoms with E-state index >= 15 is 0 Å². The molecular weight excluding hydrogens is 252 g/mol. The first-order valence-electron chi connectivity index (χ1n) is 8.03. The Bertz CT molecular complexity index is 263. The van der Waals surface area contributed by atoms with Crippen LogP contribution < -0.4 is 5.73 Å². The molecule has 1 rings (SSSR count). The van der Waals surface area contributed by atoms with Gasteiger partial charge in [0.25, 0.3) is 0 Å². The van der Waals surface area contributed by atoms with Crippen LogP contribution in [0.3, 0.4) is 0 Å². The molecule has 1 aliphatic carbocycles. The minimum Gasteiger partial charge on any atom is -0.385 e. The fourth-order valence-corrected chi connectivity index (χ4v) is 3.72. The average Bonchev–Trinajstić information content (AvgIpc) is 2.45. The summed E-state index contributed by atoms with van der Waals surface area (Å²) >= 11 is 0. The first-order chi connectivity index (χ1) is 9.60. The molecule has 120 valence electrons. The van der Waals surface area contributed by atoms with Crippen LogP contribution in [0.2, 0.25) is 0 Å². The Kier molecular flexibility index (Phi) is 8.03. The van der Waals surface area contributed by atoms with Crippen LogP contribution in [0.4, 0.5) is 0 Å². The van der Waals surface area contributed by atoms with Crippen molar-refractivity contribution < 1.29 is 9.47 Å². The molecule has 1 saturated carbocycles. The molecule has 0 saturated heterocycles. The number of hydrogen-bond acceptors (Lipinski definition) is 4. The number of rotatable bonds is 9. The summed E-state index contributed by atoms with van der Waals surface area (Å²) in [4.78, 5) is 2.58. The topological polar surface area (TPSA) is 47.7 Å². The van der Waals surface area contributed by atoms with Crippen LogP contribution in [0.15, 0.2) is 0 Å². The van der Waals surface area contributed by atoms with Crippen LogP contribution in [-0.4, -0.2) is 57.5 Å². The first-order valence-corrected chi connectivity index (χ1v) is 8.03. The lowest BCUT2D eigenvalue weighted by molar-refractivity contribution is -0.0204. The van der Waals surface area contributed by atoms with Crippen LogP contribution in [0.5, 0.6) is 0 Å². The van der Waals surface area contributed by atoms with E-state index in [0.717, 1.165) is 45.2 Å².